The van der Waals surface area contributed by atoms with Crippen LogP contribution < -0.4 is 15.7 Å². The van der Waals surface area contributed by atoms with Gasteiger partial charge in [0.15, 0.2) is 0 Å². The van der Waals surface area contributed by atoms with Crippen LogP contribution in [0.4, 0.5) is 4.79 Å². The van der Waals surface area contributed by atoms with Gasteiger partial charge in [0.1, 0.15) is 23.0 Å². The first-order chi connectivity index (χ1) is 15.1. The average molecular weight is 437 g/mol. The van der Waals surface area contributed by atoms with Crippen LogP contribution in [0.15, 0.2) is 57.7 Å². The maximum atomic E-state index is 12.7. The minimum atomic E-state index is -0.886. The molecule has 2 aromatic carbocycles. The van der Waals surface area contributed by atoms with Crippen molar-refractivity contribution in [2.45, 2.75) is 52.7 Å². The summed E-state index contributed by atoms with van der Waals surface area (Å²) in [4.78, 5) is 37.0. The van der Waals surface area contributed by atoms with Gasteiger partial charge < -0.3 is 19.2 Å². The van der Waals surface area contributed by atoms with Gasteiger partial charge in [0, 0.05) is 17.0 Å². The van der Waals surface area contributed by atoms with E-state index in [2.05, 4.69) is 5.32 Å². The van der Waals surface area contributed by atoms with Gasteiger partial charge in [0.25, 0.3) is 0 Å². The summed E-state index contributed by atoms with van der Waals surface area (Å²) in [5.74, 6) is -0.386. The molecule has 1 N–H and O–H groups in total. The summed E-state index contributed by atoms with van der Waals surface area (Å²) in [6, 6.07) is 13.5. The van der Waals surface area contributed by atoms with Crippen molar-refractivity contribution >= 4 is 23.0 Å². The number of benzene rings is 2. The van der Waals surface area contributed by atoms with Gasteiger partial charge in [-0.2, -0.15) is 0 Å². The Labute approximate surface area is 186 Å². The minimum Gasteiger partial charge on any atom is -0.444 e. The van der Waals surface area contributed by atoms with Crippen LogP contribution in [0.3, 0.4) is 0 Å². The summed E-state index contributed by atoms with van der Waals surface area (Å²) < 4.78 is 16.2. The summed E-state index contributed by atoms with van der Waals surface area (Å²) in [5, 5.41) is 3.26. The highest BCUT2D eigenvalue weighted by atomic mass is 16.6. The molecule has 0 unspecified atom stereocenters. The lowest BCUT2D eigenvalue weighted by molar-refractivity contribution is -0.136. The predicted molar refractivity (Wildman–Crippen MR) is 122 cm³/mol. The average Bonchev–Trinajstić information content (AvgIpc) is 2.73. The molecule has 0 aliphatic carbocycles. The monoisotopic (exact) mass is 437 g/mol. The molecule has 0 spiro atoms. The molecule has 0 aliphatic heterocycles. The van der Waals surface area contributed by atoms with E-state index in [1.54, 1.807) is 46.8 Å². The van der Waals surface area contributed by atoms with Crippen LogP contribution in [0.2, 0.25) is 0 Å². The molecule has 32 heavy (non-hydrogen) atoms. The van der Waals surface area contributed by atoms with Gasteiger partial charge in [0.05, 0.1) is 0 Å². The first kappa shape index (κ1) is 23.1. The van der Waals surface area contributed by atoms with E-state index >= 15 is 0 Å². The number of hydrogen-bond donors (Lipinski definition) is 1. The molecule has 0 saturated heterocycles. The van der Waals surface area contributed by atoms with E-state index in [1.165, 1.54) is 6.07 Å². The standard InChI is InChI=1S/C25H27NO6/c1-6-19(26-24(29)32-25(3,4)5)23(28)30-20-13-12-17-18(16-10-8-7-9-11-16)14-21(27)31-22(17)15(20)2/h7-14,19H,6H2,1-5H3,(H,26,29)/t19-/m1/s1. The zero-order valence-electron chi connectivity index (χ0n) is 18.9. The number of esters is 1. The quantitative estimate of drug-likeness (QED) is 0.344. The van der Waals surface area contributed by atoms with E-state index in [9.17, 15) is 14.4 Å². The smallest absolute Gasteiger partial charge is 0.408 e. The van der Waals surface area contributed by atoms with Crippen LogP contribution >= 0.6 is 0 Å². The molecular formula is C25H27NO6. The van der Waals surface area contributed by atoms with Crippen molar-refractivity contribution in [1.82, 2.24) is 5.32 Å². The van der Waals surface area contributed by atoms with Crippen LogP contribution in [0.1, 0.15) is 39.7 Å². The molecule has 168 valence electrons. The van der Waals surface area contributed by atoms with Crippen LogP contribution in [0.5, 0.6) is 5.75 Å². The summed E-state index contributed by atoms with van der Waals surface area (Å²) in [6.45, 7) is 8.68. The molecule has 0 radical (unpaired) electrons. The predicted octanol–water partition coefficient (Wildman–Crippen LogP) is 4.98. The Morgan fingerprint density at radius 3 is 2.41 bits per heavy atom. The summed E-state index contributed by atoms with van der Waals surface area (Å²) in [5.41, 5.74) is 1.28. The number of fused-ring (bicyclic) bond motifs is 1. The second-order valence-corrected chi connectivity index (χ2v) is 8.44. The third kappa shape index (κ3) is 5.35. The Morgan fingerprint density at radius 2 is 1.78 bits per heavy atom. The molecule has 7 nitrogen and oxygen atoms in total. The summed E-state index contributed by atoms with van der Waals surface area (Å²) in [6.07, 6.45) is -0.382. The molecule has 1 heterocycles. The molecule has 3 aromatic rings. The molecular weight excluding hydrogens is 410 g/mol. The number of nitrogens with one attached hydrogen (secondary N) is 1. The fourth-order valence-electron chi connectivity index (χ4n) is 3.27. The molecule has 0 aliphatic rings. The van der Waals surface area contributed by atoms with Crippen molar-refractivity contribution in [3.05, 3.63) is 64.5 Å². The number of carbonyl (C=O) groups excluding carboxylic acids is 2. The number of hydrogen-bond acceptors (Lipinski definition) is 6. The van der Waals surface area contributed by atoms with Crippen LogP contribution in [-0.2, 0) is 9.53 Å². The second-order valence-electron chi connectivity index (χ2n) is 8.44. The highest BCUT2D eigenvalue weighted by Crippen LogP contribution is 2.33. The normalized spacial score (nSPS) is 12.3. The SMILES string of the molecule is CC[C@@H](NC(=O)OC(C)(C)C)C(=O)Oc1ccc2c(-c3ccccc3)cc(=O)oc2c1C. The van der Waals surface area contributed by atoms with Gasteiger partial charge in [-0.15, -0.1) is 0 Å². The minimum absolute atomic E-state index is 0.250. The van der Waals surface area contributed by atoms with E-state index in [-0.39, 0.29) is 5.75 Å². The van der Waals surface area contributed by atoms with Gasteiger partial charge in [-0.1, -0.05) is 37.3 Å². The van der Waals surface area contributed by atoms with Crippen LogP contribution in [0.25, 0.3) is 22.1 Å². The molecule has 1 aromatic heterocycles. The van der Waals surface area contributed by atoms with Crippen molar-refractivity contribution in [3.8, 4) is 16.9 Å². The van der Waals surface area contributed by atoms with Gasteiger partial charge in [-0.05, 0) is 57.4 Å². The van der Waals surface area contributed by atoms with Crippen molar-refractivity contribution in [1.29, 1.82) is 0 Å². The number of aryl methyl sites for hydroxylation is 1. The lowest BCUT2D eigenvalue weighted by atomic mass is 10.0. The molecule has 0 fully saturated rings. The summed E-state index contributed by atoms with van der Waals surface area (Å²) in [7, 11) is 0. The fourth-order valence-corrected chi connectivity index (χ4v) is 3.27. The van der Waals surface area contributed by atoms with E-state index in [0.29, 0.717) is 17.6 Å². The van der Waals surface area contributed by atoms with E-state index in [4.69, 9.17) is 13.9 Å². The first-order valence-corrected chi connectivity index (χ1v) is 10.4. The second kappa shape index (κ2) is 9.26. The topological polar surface area (TPSA) is 94.8 Å². The van der Waals surface area contributed by atoms with Crippen LogP contribution in [-0.4, -0.2) is 23.7 Å². The highest BCUT2D eigenvalue weighted by Gasteiger charge is 2.25. The van der Waals surface area contributed by atoms with E-state index in [1.807, 2.05) is 30.3 Å². The van der Waals surface area contributed by atoms with E-state index < -0.39 is 29.3 Å². The maximum absolute atomic E-state index is 12.7. The van der Waals surface area contributed by atoms with Crippen LogP contribution in [0, 0.1) is 6.92 Å². The number of amides is 1. The first-order valence-electron chi connectivity index (χ1n) is 10.4. The lowest BCUT2D eigenvalue weighted by Gasteiger charge is -2.22. The van der Waals surface area contributed by atoms with Crippen molar-refractivity contribution in [2.24, 2.45) is 0 Å². The van der Waals surface area contributed by atoms with E-state index in [0.717, 1.165) is 16.5 Å². The molecule has 1 amide bonds. The number of ether oxygens (including phenoxy) is 2. The largest absolute Gasteiger partial charge is 0.444 e. The van der Waals surface area contributed by atoms with Crippen molar-refractivity contribution in [2.75, 3.05) is 0 Å². The van der Waals surface area contributed by atoms with Gasteiger partial charge >= 0.3 is 17.7 Å². The summed E-state index contributed by atoms with van der Waals surface area (Å²) >= 11 is 0. The molecule has 7 heteroatoms. The Hall–Kier alpha value is -3.61. The maximum Gasteiger partial charge on any atom is 0.408 e. The number of alkyl carbamates (subject to hydrolysis) is 1. The third-order valence-electron chi connectivity index (χ3n) is 4.79. The Bertz CT molecular complexity index is 1190. The highest BCUT2D eigenvalue weighted by molar-refractivity contribution is 5.96. The number of rotatable bonds is 5. The molecule has 3 rings (SSSR count). The Kier molecular flexibility index (Phi) is 6.67. The molecule has 0 saturated carbocycles. The van der Waals surface area contributed by atoms with Gasteiger partial charge in [-0.3, -0.25) is 0 Å². The Balaban J connectivity index is 1.90. The Morgan fingerprint density at radius 1 is 1.09 bits per heavy atom. The molecule has 1 atom stereocenters. The zero-order chi connectivity index (χ0) is 23.5. The number of carbonyl (C=O) groups is 2. The van der Waals surface area contributed by atoms with Gasteiger partial charge in [-0.25, -0.2) is 14.4 Å². The van der Waals surface area contributed by atoms with Crippen molar-refractivity contribution in [3.63, 3.8) is 0 Å². The zero-order valence-corrected chi connectivity index (χ0v) is 18.9. The molecule has 0 bridgehead atoms. The third-order valence-corrected chi connectivity index (χ3v) is 4.79. The lowest BCUT2D eigenvalue weighted by Crippen LogP contribution is -2.44. The van der Waals surface area contributed by atoms with Gasteiger partial charge in [0.2, 0.25) is 0 Å². The van der Waals surface area contributed by atoms with Crippen molar-refractivity contribution < 1.29 is 23.5 Å². The fraction of sp³-hybridized carbons (Fsp3) is 0.320.